The lowest BCUT2D eigenvalue weighted by Crippen LogP contribution is -2.47. The Morgan fingerprint density at radius 2 is 2.14 bits per heavy atom. The third kappa shape index (κ3) is 3.52. The summed E-state index contributed by atoms with van der Waals surface area (Å²) in [6.07, 6.45) is 0. The van der Waals surface area contributed by atoms with Crippen LogP contribution >= 0.6 is 24.0 Å². The van der Waals surface area contributed by atoms with Crippen molar-refractivity contribution >= 4 is 40.1 Å². The second-order valence-corrected chi connectivity index (χ2v) is 6.60. The summed E-state index contributed by atoms with van der Waals surface area (Å²) >= 11 is 6.36. The van der Waals surface area contributed by atoms with Gasteiger partial charge in [0.25, 0.3) is 11.8 Å². The number of thioether (sulfide) groups is 1. The lowest BCUT2D eigenvalue weighted by molar-refractivity contribution is -0.127. The van der Waals surface area contributed by atoms with Gasteiger partial charge in [0, 0.05) is 6.54 Å². The Balaban J connectivity index is 2.09. The summed E-state index contributed by atoms with van der Waals surface area (Å²) in [6.45, 7) is 0.534. The molecule has 0 aromatic heterocycles. The monoisotopic (exact) mass is 325 g/mol. The number of carbonyl (C=O) groups is 2. The first kappa shape index (κ1) is 15.7. The van der Waals surface area contributed by atoms with Crippen LogP contribution in [-0.4, -0.2) is 57.0 Å². The van der Waals surface area contributed by atoms with E-state index in [1.807, 2.05) is 19.0 Å². The molecule has 1 unspecified atom stereocenters. The number of para-hydroxylation sites is 1. The maximum Gasteiger partial charge on any atom is 0.273 e. The molecule has 8 heteroatoms. The highest BCUT2D eigenvalue weighted by molar-refractivity contribution is 8.24. The average molecular weight is 325 g/mol. The number of thiocarbonyl (C=S) groups is 1. The summed E-state index contributed by atoms with van der Waals surface area (Å²) in [7, 11) is 3.72. The molecule has 1 saturated heterocycles. The molecule has 0 saturated carbocycles. The van der Waals surface area contributed by atoms with Crippen molar-refractivity contribution in [3.05, 3.63) is 29.8 Å². The molecule has 1 aliphatic heterocycles. The molecular weight excluding hydrogens is 310 g/mol. The van der Waals surface area contributed by atoms with E-state index in [2.05, 4.69) is 5.43 Å². The van der Waals surface area contributed by atoms with E-state index in [1.165, 1.54) is 23.9 Å². The Labute approximate surface area is 132 Å². The van der Waals surface area contributed by atoms with Crippen LogP contribution in [0.3, 0.4) is 0 Å². The zero-order valence-corrected chi connectivity index (χ0v) is 13.2. The summed E-state index contributed by atoms with van der Waals surface area (Å²) in [5.74, 6) is -0.984. The largest absolute Gasteiger partial charge is 0.507 e. The van der Waals surface area contributed by atoms with Gasteiger partial charge in [-0.25, -0.2) is 5.01 Å². The van der Waals surface area contributed by atoms with Crippen LogP contribution in [0.2, 0.25) is 0 Å². The zero-order chi connectivity index (χ0) is 15.6. The lowest BCUT2D eigenvalue weighted by atomic mass is 10.2. The van der Waals surface area contributed by atoms with Gasteiger partial charge in [0.05, 0.1) is 5.56 Å². The molecule has 1 aromatic rings. The number of nitrogens with one attached hydrogen (secondary N) is 1. The minimum Gasteiger partial charge on any atom is -0.507 e. The van der Waals surface area contributed by atoms with Gasteiger partial charge in [-0.05, 0) is 26.2 Å². The van der Waals surface area contributed by atoms with Gasteiger partial charge in [0.15, 0.2) is 4.32 Å². The summed E-state index contributed by atoms with van der Waals surface area (Å²) in [4.78, 5) is 26.2. The van der Waals surface area contributed by atoms with Crippen LogP contribution in [0.5, 0.6) is 5.75 Å². The minimum absolute atomic E-state index is 0.0918. The molecule has 1 aromatic carbocycles. The predicted octanol–water partition coefficient (Wildman–Crippen LogP) is 0.827. The molecule has 0 aliphatic carbocycles. The number of nitrogens with zero attached hydrogens (tertiary/aromatic N) is 2. The first-order chi connectivity index (χ1) is 9.90. The molecule has 2 rings (SSSR count). The first-order valence-electron chi connectivity index (χ1n) is 6.18. The lowest BCUT2D eigenvalue weighted by Gasteiger charge is -2.18. The first-order valence-corrected chi connectivity index (χ1v) is 7.47. The Hall–Kier alpha value is -1.64. The smallest absolute Gasteiger partial charge is 0.273 e. The Bertz CT molecular complexity index is 592. The number of rotatable bonds is 4. The molecule has 6 nitrogen and oxygen atoms in total. The van der Waals surface area contributed by atoms with Gasteiger partial charge in [0.1, 0.15) is 11.0 Å². The number of hydrazine groups is 1. The molecule has 2 amide bonds. The maximum absolute atomic E-state index is 12.2. The van der Waals surface area contributed by atoms with E-state index < -0.39 is 5.91 Å². The van der Waals surface area contributed by atoms with Crippen molar-refractivity contribution in [2.24, 2.45) is 0 Å². The number of phenols is 1. The van der Waals surface area contributed by atoms with Crippen molar-refractivity contribution in [1.29, 1.82) is 0 Å². The van der Waals surface area contributed by atoms with Crippen LogP contribution in [0, 0.1) is 0 Å². The Morgan fingerprint density at radius 1 is 1.48 bits per heavy atom. The van der Waals surface area contributed by atoms with Gasteiger partial charge >= 0.3 is 0 Å². The van der Waals surface area contributed by atoms with Crippen LogP contribution in [0.25, 0.3) is 0 Å². The molecule has 1 atom stereocenters. The molecule has 21 heavy (non-hydrogen) atoms. The van der Waals surface area contributed by atoms with E-state index in [0.29, 0.717) is 10.9 Å². The van der Waals surface area contributed by atoms with Crippen molar-refractivity contribution < 1.29 is 14.7 Å². The highest BCUT2D eigenvalue weighted by atomic mass is 32.2. The molecular formula is C13H15N3O3S2. The molecule has 112 valence electrons. The van der Waals surface area contributed by atoms with Crippen molar-refractivity contribution in [1.82, 2.24) is 15.3 Å². The standard InChI is InChI=1S/C13H15N3O3S2/c1-15(2)7-10-12(19)16(13(20)21-10)14-11(18)8-5-3-4-6-9(8)17/h3-6,10,17H,7H2,1-2H3,(H,14,18). The molecule has 1 heterocycles. The average Bonchev–Trinajstić information content (AvgIpc) is 2.66. The third-order valence-corrected chi connectivity index (χ3v) is 4.31. The number of aromatic hydroxyl groups is 1. The topological polar surface area (TPSA) is 72.9 Å². The van der Waals surface area contributed by atoms with Gasteiger partial charge in [-0.1, -0.05) is 36.1 Å². The van der Waals surface area contributed by atoms with Gasteiger partial charge in [-0.15, -0.1) is 0 Å². The Kier molecular flexibility index (Phi) is 4.81. The number of hydrogen-bond acceptors (Lipinski definition) is 6. The van der Waals surface area contributed by atoms with Crippen LogP contribution in [-0.2, 0) is 4.79 Å². The van der Waals surface area contributed by atoms with Crippen LogP contribution in [0.1, 0.15) is 10.4 Å². The summed E-state index contributed by atoms with van der Waals surface area (Å²) < 4.78 is 0.302. The van der Waals surface area contributed by atoms with E-state index in [0.717, 1.165) is 5.01 Å². The number of phenolic OH excluding ortho intramolecular Hbond substituents is 1. The highest BCUT2D eigenvalue weighted by Crippen LogP contribution is 2.26. The molecule has 1 aliphatic rings. The number of hydrogen-bond donors (Lipinski definition) is 2. The SMILES string of the molecule is CN(C)CC1SC(=S)N(NC(=O)c2ccccc2O)C1=O. The predicted molar refractivity (Wildman–Crippen MR) is 85.0 cm³/mol. The number of carbonyl (C=O) groups excluding carboxylic acids is 2. The quantitative estimate of drug-likeness (QED) is 0.799. The normalized spacial score (nSPS) is 18.4. The summed E-state index contributed by atoms with van der Waals surface area (Å²) in [5.41, 5.74) is 2.53. The fourth-order valence-corrected chi connectivity index (χ4v) is 3.38. The molecule has 0 spiro atoms. The van der Waals surface area contributed by atoms with E-state index in [9.17, 15) is 14.7 Å². The van der Waals surface area contributed by atoms with Crippen LogP contribution in [0.15, 0.2) is 24.3 Å². The second-order valence-electron chi connectivity index (χ2n) is 4.77. The van der Waals surface area contributed by atoms with E-state index in [4.69, 9.17) is 12.2 Å². The van der Waals surface area contributed by atoms with Gasteiger partial charge in [-0.3, -0.25) is 15.0 Å². The summed E-state index contributed by atoms with van der Waals surface area (Å²) in [6, 6.07) is 6.12. The van der Waals surface area contributed by atoms with Gasteiger partial charge < -0.3 is 10.0 Å². The van der Waals surface area contributed by atoms with E-state index in [-0.39, 0.29) is 22.5 Å². The number of amides is 2. The molecule has 2 N–H and O–H groups in total. The molecule has 0 bridgehead atoms. The number of benzene rings is 1. The second kappa shape index (κ2) is 6.42. The van der Waals surface area contributed by atoms with Crippen molar-refractivity contribution in [2.45, 2.75) is 5.25 Å². The van der Waals surface area contributed by atoms with Gasteiger partial charge in [-0.2, -0.15) is 0 Å². The zero-order valence-electron chi connectivity index (χ0n) is 11.6. The fraction of sp³-hybridized carbons (Fsp3) is 0.308. The van der Waals surface area contributed by atoms with Crippen molar-refractivity contribution in [3.8, 4) is 5.75 Å². The van der Waals surface area contributed by atoms with E-state index in [1.54, 1.807) is 12.1 Å². The minimum atomic E-state index is -0.574. The Morgan fingerprint density at radius 3 is 2.76 bits per heavy atom. The fourth-order valence-electron chi connectivity index (χ4n) is 1.83. The van der Waals surface area contributed by atoms with Gasteiger partial charge in [0.2, 0.25) is 0 Å². The molecule has 1 fully saturated rings. The van der Waals surface area contributed by atoms with Crippen molar-refractivity contribution in [3.63, 3.8) is 0 Å². The highest BCUT2D eigenvalue weighted by Gasteiger charge is 2.38. The van der Waals surface area contributed by atoms with Crippen molar-refractivity contribution in [2.75, 3.05) is 20.6 Å². The summed E-state index contributed by atoms with van der Waals surface area (Å²) in [5, 5.41) is 10.4. The van der Waals surface area contributed by atoms with Crippen LogP contribution < -0.4 is 5.43 Å². The van der Waals surface area contributed by atoms with Crippen LogP contribution in [0.4, 0.5) is 0 Å². The third-order valence-electron chi connectivity index (χ3n) is 2.81. The van der Waals surface area contributed by atoms with E-state index >= 15 is 0 Å². The molecule has 0 radical (unpaired) electrons. The maximum atomic E-state index is 12.2.